The Kier molecular flexibility index (Phi) is 4.12. The van der Waals surface area contributed by atoms with E-state index in [0.717, 1.165) is 6.04 Å². The molecule has 0 radical (unpaired) electrons. The van der Waals surface area contributed by atoms with Gasteiger partial charge in [0.15, 0.2) is 0 Å². The van der Waals surface area contributed by atoms with E-state index in [1.807, 2.05) is 11.3 Å². The molecule has 2 nitrogen and oxygen atoms in total. The molecule has 1 N–H and O–H groups in total. The minimum atomic E-state index is 0.0493. The Morgan fingerprint density at radius 2 is 2.11 bits per heavy atom. The summed E-state index contributed by atoms with van der Waals surface area (Å²) in [7, 11) is 0. The van der Waals surface area contributed by atoms with E-state index in [1.54, 1.807) is 0 Å². The first-order chi connectivity index (χ1) is 8.47. The maximum atomic E-state index is 4.89. The minimum absolute atomic E-state index is 0.0493. The van der Waals surface area contributed by atoms with E-state index in [2.05, 4.69) is 45.3 Å². The molecular formula is C15H26N2S. The molecule has 1 aromatic heterocycles. The summed E-state index contributed by atoms with van der Waals surface area (Å²) in [6, 6.07) is 0.718. The lowest BCUT2D eigenvalue weighted by molar-refractivity contribution is 0.237. The zero-order valence-electron chi connectivity index (χ0n) is 12.3. The van der Waals surface area contributed by atoms with Gasteiger partial charge in [0, 0.05) is 11.4 Å². The van der Waals surface area contributed by atoms with Crippen LogP contribution in [0.15, 0.2) is 5.38 Å². The highest BCUT2D eigenvalue weighted by molar-refractivity contribution is 7.09. The van der Waals surface area contributed by atoms with E-state index in [4.69, 9.17) is 4.98 Å². The van der Waals surface area contributed by atoms with Crippen molar-refractivity contribution in [2.75, 3.05) is 0 Å². The quantitative estimate of drug-likeness (QED) is 0.831. The van der Waals surface area contributed by atoms with Crippen molar-refractivity contribution in [1.29, 1.82) is 0 Å². The molecule has 0 aliphatic heterocycles. The molecule has 102 valence electrons. The molecule has 2 rings (SSSR count). The van der Waals surface area contributed by atoms with Gasteiger partial charge in [0.2, 0.25) is 0 Å². The molecule has 1 aliphatic carbocycles. The SMILES string of the molecule is CCC(C)C(C)(NC1CC1)c1nc(C(C)C)cs1. The van der Waals surface area contributed by atoms with Crippen LogP contribution in [0.25, 0.3) is 0 Å². The van der Waals surface area contributed by atoms with Gasteiger partial charge in [0.25, 0.3) is 0 Å². The Bertz CT molecular complexity index is 395. The van der Waals surface area contributed by atoms with Gasteiger partial charge in [-0.15, -0.1) is 11.3 Å². The molecule has 1 aliphatic rings. The van der Waals surface area contributed by atoms with Crippen LogP contribution in [0.4, 0.5) is 0 Å². The summed E-state index contributed by atoms with van der Waals surface area (Å²) < 4.78 is 0. The number of nitrogens with zero attached hydrogens (tertiary/aromatic N) is 1. The molecule has 0 aromatic carbocycles. The molecule has 1 fully saturated rings. The smallest absolute Gasteiger partial charge is 0.113 e. The first-order valence-electron chi connectivity index (χ1n) is 7.21. The Morgan fingerprint density at radius 3 is 2.56 bits per heavy atom. The van der Waals surface area contributed by atoms with Gasteiger partial charge in [-0.2, -0.15) is 0 Å². The number of aromatic nitrogens is 1. The van der Waals surface area contributed by atoms with Gasteiger partial charge in [0.1, 0.15) is 5.01 Å². The second-order valence-corrected chi connectivity index (χ2v) is 7.02. The zero-order valence-corrected chi connectivity index (χ0v) is 13.1. The molecule has 18 heavy (non-hydrogen) atoms. The topological polar surface area (TPSA) is 24.9 Å². The lowest BCUT2D eigenvalue weighted by atomic mass is 9.85. The predicted octanol–water partition coefficient (Wildman–Crippen LogP) is 4.28. The summed E-state index contributed by atoms with van der Waals surface area (Å²) in [5.74, 6) is 1.14. The third-order valence-corrected chi connectivity index (χ3v) is 5.33. The van der Waals surface area contributed by atoms with E-state index in [1.165, 1.54) is 30.0 Å². The largest absolute Gasteiger partial charge is 0.303 e. The van der Waals surface area contributed by atoms with Crippen LogP contribution in [0.2, 0.25) is 0 Å². The molecule has 1 heterocycles. The van der Waals surface area contributed by atoms with Gasteiger partial charge in [-0.1, -0.05) is 34.1 Å². The van der Waals surface area contributed by atoms with E-state index in [-0.39, 0.29) is 5.54 Å². The molecule has 2 unspecified atom stereocenters. The second-order valence-electron chi connectivity index (χ2n) is 6.16. The third kappa shape index (κ3) is 2.77. The normalized spacial score (nSPS) is 21.0. The Labute approximate surface area is 115 Å². The minimum Gasteiger partial charge on any atom is -0.303 e. The molecule has 1 aromatic rings. The van der Waals surface area contributed by atoms with Crippen molar-refractivity contribution in [2.45, 2.75) is 71.4 Å². The van der Waals surface area contributed by atoms with Gasteiger partial charge >= 0.3 is 0 Å². The van der Waals surface area contributed by atoms with Crippen LogP contribution in [0.3, 0.4) is 0 Å². The van der Waals surface area contributed by atoms with Crippen LogP contribution >= 0.6 is 11.3 Å². The van der Waals surface area contributed by atoms with Gasteiger partial charge in [-0.3, -0.25) is 0 Å². The average molecular weight is 266 g/mol. The Hall–Kier alpha value is -0.410. The van der Waals surface area contributed by atoms with Crippen LogP contribution in [-0.4, -0.2) is 11.0 Å². The fourth-order valence-corrected chi connectivity index (χ4v) is 3.48. The monoisotopic (exact) mass is 266 g/mol. The Morgan fingerprint density at radius 1 is 1.44 bits per heavy atom. The van der Waals surface area contributed by atoms with Gasteiger partial charge < -0.3 is 5.32 Å². The highest BCUT2D eigenvalue weighted by atomic mass is 32.1. The van der Waals surface area contributed by atoms with Crippen molar-refractivity contribution in [3.63, 3.8) is 0 Å². The maximum absolute atomic E-state index is 4.89. The predicted molar refractivity (Wildman–Crippen MR) is 79.2 cm³/mol. The fraction of sp³-hybridized carbons (Fsp3) is 0.800. The lowest BCUT2D eigenvalue weighted by Gasteiger charge is -2.35. The highest BCUT2D eigenvalue weighted by Crippen LogP contribution is 2.37. The summed E-state index contributed by atoms with van der Waals surface area (Å²) >= 11 is 1.82. The van der Waals surface area contributed by atoms with Crippen molar-refractivity contribution in [2.24, 2.45) is 5.92 Å². The van der Waals surface area contributed by atoms with E-state index >= 15 is 0 Å². The van der Waals surface area contributed by atoms with Crippen LogP contribution in [0.1, 0.15) is 70.5 Å². The highest BCUT2D eigenvalue weighted by Gasteiger charge is 2.39. The second kappa shape index (κ2) is 5.30. The van der Waals surface area contributed by atoms with Gasteiger partial charge in [0.05, 0.1) is 11.2 Å². The van der Waals surface area contributed by atoms with E-state index in [0.29, 0.717) is 11.8 Å². The summed E-state index contributed by atoms with van der Waals surface area (Å²) in [4.78, 5) is 4.89. The lowest BCUT2D eigenvalue weighted by Crippen LogP contribution is -2.46. The number of hydrogen-bond donors (Lipinski definition) is 1. The summed E-state index contributed by atoms with van der Waals surface area (Å²) in [5, 5.41) is 7.34. The van der Waals surface area contributed by atoms with Crippen molar-refractivity contribution >= 4 is 11.3 Å². The van der Waals surface area contributed by atoms with Crippen molar-refractivity contribution in [3.05, 3.63) is 16.1 Å². The van der Waals surface area contributed by atoms with Crippen molar-refractivity contribution in [1.82, 2.24) is 10.3 Å². The van der Waals surface area contributed by atoms with Crippen molar-refractivity contribution < 1.29 is 0 Å². The van der Waals surface area contributed by atoms with Crippen molar-refractivity contribution in [3.8, 4) is 0 Å². The van der Waals surface area contributed by atoms with Crippen LogP contribution in [0.5, 0.6) is 0 Å². The number of rotatable bonds is 6. The maximum Gasteiger partial charge on any atom is 0.113 e. The van der Waals surface area contributed by atoms with Crippen LogP contribution in [0, 0.1) is 5.92 Å². The number of hydrogen-bond acceptors (Lipinski definition) is 3. The molecule has 0 amide bonds. The standard InChI is InChI=1S/C15H26N2S/c1-6-11(4)15(5,17-12-7-8-12)14-16-13(9-18-14)10(2)3/h9-12,17H,6-8H2,1-5H3. The molecule has 2 atom stereocenters. The first kappa shape index (κ1) is 14.0. The molecule has 3 heteroatoms. The number of thiazole rings is 1. The van der Waals surface area contributed by atoms with Gasteiger partial charge in [-0.25, -0.2) is 4.98 Å². The van der Waals surface area contributed by atoms with Gasteiger partial charge in [-0.05, 0) is 31.6 Å². The molecule has 0 bridgehead atoms. The summed E-state index contributed by atoms with van der Waals surface area (Å²) in [6.07, 6.45) is 3.84. The molecule has 0 spiro atoms. The van der Waals surface area contributed by atoms with Crippen LogP contribution in [-0.2, 0) is 5.54 Å². The van der Waals surface area contributed by atoms with E-state index in [9.17, 15) is 0 Å². The molecule has 1 saturated carbocycles. The third-order valence-electron chi connectivity index (χ3n) is 4.24. The Balaban J connectivity index is 2.25. The number of nitrogens with one attached hydrogen (secondary N) is 1. The summed E-state index contributed by atoms with van der Waals surface area (Å²) in [6.45, 7) is 11.4. The molecule has 0 saturated heterocycles. The zero-order chi connectivity index (χ0) is 13.3. The fourth-order valence-electron chi connectivity index (χ4n) is 2.26. The molecular weight excluding hydrogens is 240 g/mol. The van der Waals surface area contributed by atoms with E-state index < -0.39 is 0 Å². The first-order valence-corrected chi connectivity index (χ1v) is 8.09. The van der Waals surface area contributed by atoms with Crippen LogP contribution < -0.4 is 5.32 Å². The summed E-state index contributed by atoms with van der Waals surface area (Å²) in [5.41, 5.74) is 1.29. The average Bonchev–Trinajstić information content (AvgIpc) is 2.99.